The molecule has 0 spiro atoms. The van der Waals surface area contributed by atoms with E-state index in [4.69, 9.17) is 0 Å². The summed E-state index contributed by atoms with van der Waals surface area (Å²) in [6, 6.07) is 12.1. The maximum Gasteiger partial charge on any atom is 0.0236 e. The van der Waals surface area contributed by atoms with E-state index in [0.717, 1.165) is 13.0 Å². The zero-order valence-electron chi connectivity index (χ0n) is 11.4. The van der Waals surface area contributed by atoms with Crippen molar-refractivity contribution >= 4 is 11.8 Å². The Balaban J connectivity index is 1.87. The number of hydrogen-bond acceptors (Lipinski definition) is 3. The van der Waals surface area contributed by atoms with Crippen LogP contribution in [0.1, 0.15) is 12.5 Å². The summed E-state index contributed by atoms with van der Waals surface area (Å²) < 4.78 is 0. The summed E-state index contributed by atoms with van der Waals surface area (Å²) in [6.45, 7) is 5.84. The van der Waals surface area contributed by atoms with Gasteiger partial charge in [-0.15, -0.1) is 0 Å². The van der Waals surface area contributed by atoms with Crippen LogP contribution in [-0.4, -0.2) is 48.6 Å². The second-order valence-corrected chi connectivity index (χ2v) is 6.12. The molecule has 1 N–H and O–H groups in total. The van der Waals surface area contributed by atoms with Crippen molar-refractivity contribution in [3.8, 4) is 0 Å². The molecule has 2 unspecified atom stereocenters. The van der Waals surface area contributed by atoms with Crippen molar-refractivity contribution in [3.63, 3.8) is 0 Å². The van der Waals surface area contributed by atoms with Crippen LogP contribution in [0, 0.1) is 0 Å². The lowest BCUT2D eigenvalue weighted by Crippen LogP contribution is -2.56. The van der Waals surface area contributed by atoms with Crippen LogP contribution >= 0.6 is 11.8 Å². The fourth-order valence-corrected chi connectivity index (χ4v) is 2.97. The topological polar surface area (TPSA) is 15.3 Å². The van der Waals surface area contributed by atoms with Gasteiger partial charge in [0.05, 0.1) is 0 Å². The predicted octanol–water partition coefficient (Wildman–Crippen LogP) is 2.25. The van der Waals surface area contributed by atoms with Gasteiger partial charge in [0.1, 0.15) is 0 Å². The first-order chi connectivity index (χ1) is 8.79. The van der Waals surface area contributed by atoms with E-state index in [1.807, 2.05) is 11.8 Å². The van der Waals surface area contributed by atoms with Crippen molar-refractivity contribution < 1.29 is 0 Å². The van der Waals surface area contributed by atoms with Gasteiger partial charge in [-0.25, -0.2) is 0 Å². The monoisotopic (exact) mass is 264 g/mol. The highest BCUT2D eigenvalue weighted by Gasteiger charge is 2.24. The first-order valence-electron chi connectivity index (χ1n) is 6.80. The molecular weight excluding hydrogens is 240 g/mol. The van der Waals surface area contributed by atoms with Crippen LogP contribution in [0.5, 0.6) is 0 Å². The minimum absolute atomic E-state index is 0.602. The summed E-state index contributed by atoms with van der Waals surface area (Å²) >= 11 is 1.94. The number of piperazine rings is 1. The number of thioether (sulfide) groups is 1. The number of nitrogens with zero attached hydrogens (tertiary/aromatic N) is 1. The molecule has 1 fully saturated rings. The van der Waals surface area contributed by atoms with Crippen molar-refractivity contribution in [2.75, 3.05) is 31.6 Å². The van der Waals surface area contributed by atoms with Gasteiger partial charge in [0, 0.05) is 37.5 Å². The Labute approximate surface area is 115 Å². The number of benzene rings is 1. The van der Waals surface area contributed by atoms with E-state index in [9.17, 15) is 0 Å². The Morgan fingerprint density at radius 2 is 2.11 bits per heavy atom. The molecular formula is C15H24N2S. The molecule has 2 atom stereocenters. The van der Waals surface area contributed by atoms with Crippen molar-refractivity contribution in [1.29, 1.82) is 0 Å². The standard InChI is InChI=1S/C15H24N2S/c1-13-11-16-15(12-17(13)8-9-18-2)10-14-6-4-3-5-7-14/h3-7,13,15-16H,8-12H2,1-2H3. The Kier molecular flexibility index (Phi) is 5.54. The molecule has 1 aromatic carbocycles. The molecule has 2 rings (SSSR count). The van der Waals surface area contributed by atoms with Gasteiger partial charge in [-0.05, 0) is 25.2 Å². The van der Waals surface area contributed by atoms with Crippen molar-refractivity contribution in [2.45, 2.75) is 25.4 Å². The van der Waals surface area contributed by atoms with Crippen LogP contribution in [0.2, 0.25) is 0 Å². The summed E-state index contributed by atoms with van der Waals surface area (Å²) in [5.74, 6) is 1.24. The average molecular weight is 264 g/mol. The molecule has 1 aromatic rings. The lowest BCUT2D eigenvalue weighted by Gasteiger charge is -2.38. The Morgan fingerprint density at radius 1 is 1.33 bits per heavy atom. The summed E-state index contributed by atoms with van der Waals surface area (Å²) in [5, 5.41) is 3.68. The minimum atomic E-state index is 0.602. The molecule has 3 heteroatoms. The smallest absolute Gasteiger partial charge is 0.0236 e. The van der Waals surface area contributed by atoms with E-state index in [-0.39, 0.29) is 0 Å². The lowest BCUT2D eigenvalue weighted by molar-refractivity contribution is 0.149. The first-order valence-corrected chi connectivity index (χ1v) is 8.19. The van der Waals surface area contributed by atoms with E-state index < -0.39 is 0 Å². The Bertz CT molecular complexity index is 342. The molecule has 0 bridgehead atoms. The van der Waals surface area contributed by atoms with Gasteiger partial charge in [0.2, 0.25) is 0 Å². The molecule has 1 aliphatic rings. The second kappa shape index (κ2) is 7.17. The zero-order valence-corrected chi connectivity index (χ0v) is 12.2. The van der Waals surface area contributed by atoms with E-state index in [1.54, 1.807) is 0 Å². The Hall–Kier alpha value is -0.510. The molecule has 2 nitrogen and oxygen atoms in total. The molecule has 1 heterocycles. The summed E-state index contributed by atoms with van der Waals surface area (Å²) in [7, 11) is 0. The van der Waals surface area contributed by atoms with Gasteiger partial charge in [0.25, 0.3) is 0 Å². The highest BCUT2D eigenvalue weighted by molar-refractivity contribution is 7.98. The van der Waals surface area contributed by atoms with Crippen LogP contribution in [-0.2, 0) is 6.42 Å². The van der Waals surface area contributed by atoms with Gasteiger partial charge < -0.3 is 5.32 Å². The zero-order chi connectivity index (χ0) is 12.8. The third-order valence-electron chi connectivity index (χ3n) is 3.69. The van der Waals surface area contributed by atoms with Crippen LogP contribution in [0.3, 0.4) is 0 Å². The molecule has 0 saturated carbocycles. The molecule has 0 aromatic heterocycles. The molecule has 1 aliphatic heterocycles. The van der Waals surface area contributed by atoms with Gasteiger partial charge in [0.15, 0.2) is 0 Å². The second-order valence-electron chi connectivity index (χ2n) is 5.13. The fraction of sp³-hybridized carbons (Fsp3) is 0.600. The Morgan fingerprint density at radius 3 is 2.83 bits per heavy atom. The maximum absolute atomic E-state index is 3.68. The maximum atomic E-state index is 3.68. The number of rotatable bonds is 5. The van der Waals surface area contributed by atoms with Gasteiger partial charge in [-0.3, -0.25) is 4.90 Å². The predicted molar refractivity (Wildman–Crippen MR) is 81.4 cm³/mol. The van der Waals surface area contributed by atoms with E-state index >= 15 is 0 Å². The lowest BCUT2D eigenvalue weighted by atomic mass is 10.0. The number of hydrogen-bond donors (Lipinski definition) is 1. The molecule has 1 saturated heterocycles. The van der Waals surface area contributed by atoms with Crippen LogP contribution < -0.4 is 5.32 Å². The fourth-order valence-electron chi connectivity index (χ4n) is 2.55. The molecule has 0 aliphatic carbocycles. The SMILES string of the molecule is CSCCN1CC(Cc2ccccc2)NCC1C. The van der Waals surface area contributed by atoms with Crippen LogP contribution in [0.15, 0.2) is 30.3 Å². The molecule has 100 valence electrons. The van der Waals surface area contributed by atoms with Gasteiger partial charge >= 0.3 is 0 Å². The van der Waals surface area contributed by atoms with Gasteiger partial charge in [-0.2, -0.15) is 11.8 Å². The highest BCUT2D eigenvalue weighted by atomic mass is 32.2. The minimum Gasteiger partial charge on any atom is -0.311 e. The first kappa shape index (κ1) is 13.9. The van der Waals surface area contributed by atoms with Crippen LogP contribution in [0.4, 0.5) is 0 Å². The third kappa shape index (κ3) is 4.01. The normalized spacial score (nSPS) is 25.2. The van der Waals surface area contributed by atoms with Crippen LogP contribution in [0.25, 0.3) is 0 Å². The average Bonchev–Trinajstić information content (AvgIpc) is 2.40. The molecule has 0 radical (unpaired) electrons. The van der Waals surface area contributed by atoms with E-state index in [0.29, 0.717) is 12.1 Å². The quantitative estimate of drug-likeness (QED) is 0.878. The van der Waals surface area contributed by atoms with Crippen molar-refractivity contribution in [2.24, 2.45) is 0 Å². The summed E-state index contributed by atoms with van der Waals surface area (Å²) in [4.78, 5) is 2.63. The highest BCUT2D eigenvalue weighted by Crippen LogP contribution is 2.12. The van der Waals surface area contributed by atoms with E-state index in [1.165, 1.54) is 24.4 Å². The van der Waals surface area contributed by atoms with Gasteiger partial charge in [-0.1, -0.05) is 30.3 Å². The summed E-state index contributed by atoms with van der Waals surface area (Å²) in [5.41, 5.74) is 1.44. The number of nitrogens with one attached hydrogen (secondary N) is 1. The van der Waals surface area contributed by atoms with Crippen molar-refractivity contribution in [3.05, 3.63) is 35.9 Å². The molecule has 18 heavy (non-hydrogen) atoms. The summed E-state index contributed by atoms with van der Waals surface area (Å²) in [6.07, 6.45) is 3.33. The molecule has 0 amide bonds. The van der Waals surface area contributed by atoms with E-state index in [2.05, 4.69) is 53.7 Å². The largest absolute Gasteiger partial charge is 0.311 e. The van der Waals surface area contributed by atoms with Crippen molar-refractivity contribution in [1.82, 2.24) is 10.2 Å². The third-order valence-corrected chi connectivity index (χ3v) is 4.28.